The van der Waals surface area contributed by atoms with E-state index in [-0.39, 0.29) is 11.8 Å². The van der Waals surface area contributed by atoms with Crippen LogP contribution in [0.15, 0.2) is 88.7 Å². The van der Waals surface area contributed by atoms with E-state index < -0.39 is 0 Å². The van der Waals surface area contributed by atoms with Crippen molar-refractivity contribution in [2.24, 2.45) is 5.92 Å². The molecule has 1 fully saturated rings. The maximum absolute atomic E-state index is 12.9. The molecular formula is C25H24N2O2S. The molecule has 3 aromatic rings. The number of rotatable bonds is 6. The molecule has 4 rings (SSSR count). The lowest BCUT2D eigenvalue weighted by molar-refractivity contribution is -0.120. The summed E-state index contributed by atoms with van der Waals surface area (Å²) < 4.78 is 0. The van der Waals surface area contributed by atoms with Crippen molar-refractivity contribution in [1.29, 1.82) is 0 Å². The summed E-state index contributed by atoms with van der Waals surface area (Å²) in [5, 5.41) is 3.15. The standard InChI is InChI=1S/C25H24N2O2S/c28-18-19-10-12-21(13-11-19)27-16-14-20(15-17-27)25(29)26-23-8-4-5-9-24(23)30-22-6-2-1-3-7-22/h1-13,18,20H,14-17H2,(H,26,29). The number of amides is 1. The van der Waals surface area contributed by atoms with Crippen LogP contribution in [0, 0.1) is 5.92 Å². The van der Waals surface area contributed by atoms with Crippen LogP contribution in [0.1, 0.15) is 23.2 Å². The topological polar surface area (TPSA) is 49.4 Å². The predicted molar refractivity (Wildman–Crippen MR) is 122 cm³/mol. The Labute approximate surface area is 181 Å². The van der Waals surface area contributed by atoms with Gasteiger partial charge in [0.2, 0.25) is 5.91 Å². The number of anilines is 2. The van der Waals surface area contributed by atoms with Gasteiger partial charge in [-0.05, 0) is 61.4 Å². The second kappa shape index (κ2) is 9.63. The Morgan fingerprint density at radius 1 is 0.900 bits per heavy atom. The summed E-state index contributed by atoms with van der Waals surface area (Å²) in [5.41, 5.74) is 2.65. The van der Waals surface area contributed by atoms with Gasteiger partial charge in [0.25, 0.3) is 0 Å². The van der Waals surface area contributed by atoms with Crippen LogP contribution < -0.4 is 10.2 Å². The fourth-order valence-electron chi connectivity index (χ4n) is 3.67. The molecule has 3 aromatic carbocycles. The van der Waals surface area contributed by atoms with E-state index in [0.717, 1.165) is 53.4 Å². The molecule has 152 valence electrons. The van der Waals surface area contributed by atoms with Crippen molar-refractivity contribution >= 4 is 35.3 Å². The van der Waals surface area contributed by atoms with Gasteiger partial charge in [-0.1, -0.05) is 42.1 Å². The molecule has 4 nitrogen and oxygen atoms in total. The number of carbonyl (C=O) groups excluding carboxylic acids is 2. The van der Waals surface area contributed by atoms with Gasteiger partial charge < -0.3 is 10.2 Å². The fourth-order valence-corrected chi connectivity index (χ4v) is 4.60. The van der Waals surface area contributed by atoms with Gasteiger partial charge in [0.15, 0.2) is 0 Å². The Bertz CT molecular complexity index is 997. The summed E-state index contributed by atoms with van der Waals surface area (Å²) in [6.07, 6.45) is 2.48. The van der Waals surface area contributed by atoms with Crippen molar-refractivity contribution < 1.29 is 9.59 Å². The second-order valence-corrected chi connectivity index (χ2v) is 8.49. The first-order chi connectivity index (χ1) is 14.7. The molecule has 0 radical (unpaired) electrons. The summed E-state index contributed by atoms with van der Waals surface area (Å²) in [5.74, 6) is 0.0948. The van der Waals surface area contributed by atoms with Crippen molar-refractivity contribution in [3.63, 3.8) is 0 Å². The molecule has 1 aliphatic rings. The minimum Gasteiger partial charge on any atom is -0.371 e. The Morgan fingerprint density at radius 3 is 2.27 bits per heavy atom. The van der Waals surface area contributed by atoms with Gasteiger partial charge in [0.05, 0.1) is 5.69 Å². The van der Waals surface area contributed by atoms with E-state index in [1.165, 1.54) is 0 Å². The highest BCUT2D eigenvalue weighted by molar-refractivity contribution is 7.99. The van der Waals surface area contributed by atoms with Gasteiger partial charge in [-0.25, -0.2) is 0 Å². The number of carbonyl (C=O) groups is 2. The number of piperidine rings is 1. The van der Waals surface area contributed by atoms with E-state index in [0.29, 0.717) is 5.56 Å². The third-order valence-electron chi connectivity index (χ3n) is 5.38. The van der Waals surface area contributed by atoms with Crippen molar-refractivity contribution in [2.45, 2.75) is 22.6 Å². The molecule has 1 saturated heterocycles. The first kappa shape index (κ1) is 20.2. The van der Waals surface area contributed by atoms with Gasteiger partial charge in [-0.2, -0.15) is 0 Å². The normalized spacial score (nSPS) is 14.3. The first-order valence-electron chi connectivity index (χ1n) is 10.2. The molecule has 30 heavy (non-hydrogen) atoms. The molecule has 0 atom stereocenters. The summed E-state index contributed by atoms with van der Waals surface area (Å²) in [6, 6.07) is 25.8. The SMILES string of the molecule is O=Cc1ccc(N2CCC(C(=O)Nc3ccccc3Sc3ccccc3)CC2)cc1. The van der Waals surface area contributed by atoms with Crippen LogP contribution in [0.4, 0.5) is 11.4 Å². The zero-order chi connectivity index (χ0) is 20.8. The number of nitrogens with zero attached hydrogens (tertiary/aromatic N) is 1. The average molecular weight is 417 g/mol. The molecule has 1 heterocycles. The molecule has 0 aliphatic carbocycles. The van der Waals surface area contributed by atoms with E-state index in [2.05, 4.69) is 22.3 Å². The van der Waals surface area contributed by atoms with Gasteiger partial charge in [-0.15, -0.1) is 0 Å². The Morgan fingerprint density at radius 2 is 1.57 bits per heavy atom. The highest BCUT2D eigenvalue weighted by atomic mass is 32.2. The van der Waals surface area contributed by atoms with E-state index >= 15 is 0 Å². The lowest BCUT2D eigenvalue weighted by atomic mass is 9.95. The number of para-hydroxylation sites is 1. The highest BCUT2D eigenvalue weighted by Gasteiger charge is 2.25. The zero-order valence-electron chi connectivity index (χ0n) is 16.7. The van der Waals surface area contributed by atoms with Gasteiger partial charge in [0.1, 0.15) is 6.29 Å². The first-order valence-corrected chi connectivity index (χ1v) is 11.0. The number of hydrogen-bond donors (Lipinski definition) is 1. The summed E-state index contributed by atoms with van der Waals surface area (Å²) in [4.78, 5) is 28.2. The summed E-state index contributed by atoms with van der Waals surface area (Å²) in [7, 11) is 0. The molecule has 1 amide bonds. The van der Waals surface area contributed by atoms with E-state index in [9.17, 15) is 9.59 Å². The molecule has 1 N–H and O–H groups in total. The highest BCUT2D eigenvalue weighted by Crippen LogP contribution is 2.34. The van der Waals surface area contributed by atoms with E-state index in [1.807, 2.05) is 66.7 Å². The third-order valence-corrected chi connectivity index (χ3v) is 6.46. The van der Waals surface area contributed by atoms with Crippen LogP contribution in [0.3, 0.4) is 0 Å². The quantitative estimate of drug-likeness (QED) is 0.539. The minimum atomic E-state index is 0.00489. The number of aldehydes is 1. The lowest BCUT2D eigenvalue weighted by Crippen LogP contribution is -2.38. The number of nitrogens with one attached hydrogen (secondary N) is 1. The van der Waals surface area contributed by atoms with Crippen LogP contribution in [-0.2, 0) is 4.79 Å². The second-order valence-electron chi connectivity index (χ2n) is 7.37. The zero-order valence-corrected chi connectivity index (χ0v) is 17.5. The van der Waals surface area contributed by atoms with Crippen LogP contribution in [-0.4, -0.2) is 25.3 Å². The molecule has 5 heteroatoms. The molecule has 0 spiro atoms. The molecule has 0 aromatic heterocycles. The van der Waals surface area contributed by atoms with Crippen molar-refractivity contribution in [3.8, 4) is 0 Å². The van der Waals surface area contributed by atoms with E-state index in [4.69, 9.17) is 0 Å². The molecule has 0 unspecified atom stereocenters. The van der Waals surface area contributed by atoms with Gasteiger partial charge in [0, 0.05) is 40.0 Å². The number of benzene rings is 3. The summed E-state index contributed by atoms with van der Waals surface area (Å²) in [6.45, 7) is 1.66. The lowest BCUT2D eigenvalue weighted by Gasteiger charge is -2.33. The van der Waals surface area contributed by atoms with Crippen LogP contribution in [0.5, 0.6) is 0 Å². The third kappa shape index (κ3) is 4.92. The Balaban J connectivity index is 1.36. The molecular weight excluding hydrogens is 392 g/mol. The average Bonchev–Trinajstić information content (AvgIpc) is 2.81. The number of hydrogen-bond acceptors (Lipinski definition) is 4. The van der Waals surface area contributed by atoms with Crippen molar-refractivity contribution in [2.75, 3.05) is 23.3 Å². The fraction of sp³-hybridized carbons (Fsp3) is 0.200. The van der Waals surface area contributed by atoms with Crippen LogP contribution >= 0.6 is 11.8 Å². The summed E-state index contributed by atoms with van der Waals surface area (Å²) >= 11 is 1.66. The largest absolute Gasteiger partial charge is 0.371 e. The van der Waals surface area contributed by atoms with Crippen molar-refractivity contribution in [3.05, 3.63) is 84.4 Å². The van der Waals surface area contributed by atoms with Gasteiger partial charge >= 0.3 is 0 Å². The maximum Gasteiger partial charge on any atom is 0.227 e. The minimum absolute atomic E-state index is 0.00489. The Kier molecular flexibility index (Phi) is 6.50. The van der Waals surface area contributed by atoms with E-state index in [1.54, 1.807) is 11.8 Å². The predicted octanol–water partition coefficient (Wildman–Crippen LogP) is 5.51. The van der Waals surface area contributed by atoms with Crippen LogP contribution in [0.2, 0.25) is 0 Å². The smallest absolute Gasteiger partial charge is 0.227 e. The molecule has 0 saturated carbocycles. The van der Waals surface area contributed by atoms with Gasteiger partial charge in [-0.3, -0.25) is 9.59 Å². The maximum atomic E-state index is 12.9. The molecule has 1 aliphatic heterocycles. The Hall–Kier alpha value is -3.05. The van der Waals surface area contributed by atoms with Crippen LogP contribution in [0.25, 0.3) is 0 Å². The molecule has 0 bridgehead atoms. The monoisotopic (exact) mass is 416 g/mol. The van der Waals surface area contributed by atoms with Crippen molar-refractivity contribution in [1.82, 2.24) is 0 Å².